The molecule has 0 saturated carbocycles. The van der Waals surface area contributed by atoms with Gasteiger partial charge in [0.05, 0.1) is 5.02 Å². The molecule has 4 aromatic rings. The maximum Gasteiger partial charge on any atom is 0.165 e. The SMILES string of the molecule is Clc1ccc(-c2nc3ccccn3c2/N=C/c2ccc(Br)cc2)c(Cl)c1. The zero-order valence-corrected chi connectivity index (χ0v) is 16.5. The van der Waals surface area contributed by atoms with Crippen molar-refractivity contribution in [3.05, 3.63) is 86.9 Å². The molecule has 4 rings (SSSR count). The average Bonchev–Trinajstić information content (AvgIpc) is 2.99. The van der Waals surface area contributed by atoms with Gasteiger partial charge in [-0.05, 0) is 48.0 Å². The molecule has 0 amide bonds. The molecule has 0 spiro atoms. The highest BCUT2D eigenvalue weighted by Gasteiger charge is 2.15. The van der Waals surface area contributed by atoms with Gasteiger partial charge in [0.1, 0.15) is 11.3 Å². The van der Waals surface area contributed by atoms with Gasteiger partial charge in [0, 0.05) is 27.5 Å². The van der Waals surface area contributed by atoms with Crippen molar-refractivity contribution in [2.45, 2.75) is 0 Å². The summed E-state index contributed by atoms with van der Waals surface area (Å²) < 4.78 is 2.97. The number of fused-ring (bicyclic) bond motifs is 1. The molecule has 0 atom stereocenters. The highest BCUT2D eigenvalue weighted by Crippen LogP contribution is 2.36. The normalized spacial score (nSPS) is 11.5. The van der Waals surface area contributed by atoms with E-state index in [0.29, 0.717) is 21.6 Å². The summed E-state index contributed by atoms with van der Waals surface area (Å²) in [5.41, 5.74) is 3.30. The van der Waals surface area contributed by atoms with Crippen molar-refractivity contribution in [1.29, 1.82) is 0 Å². The van der Waals surface area contributed by atoms with E-state index in [1.807, 2.05) is 65.3 Å². The Kier molecular flexibility index (Phi) is 4.81. The second kappa shape index (κ2) is 7.23. The highest BCUT2D eigenvalue weighted by atomic mass is 79.9. The number of imidazole rings is 1. The van der Waals surface area contributed by atoms with Crippen LogP contribution in [0.25, 0.3) is 16.9 Å². The van der Waals surface area contributed by atoms with Gasteiger partial charge in [0.15, 0.2) is 5.82 Å². The number of nitrogens with zero attached hydrogens (tertiary/aromatic N) is 3. The molecular formula is C20H12BrCl2N3. The lowest BCUT2D eigenvalue weighted by atomic mass is 10.1. The monoisotopic (exact) mass is 443 g/mol. The van der Waals surface area contributed by atoms with Gasteiger partial charge in [-0.15, -0.1) is 0 Å². The average molecular weight is 445 g/mol. The molecule has 0 bridgehead atoms. The van der Waals surface area contributed by atoms with Crippen molar-refractivity contribution in [2.75, 3.05) is 0 Å². The van der Waals surface area contributed by atoms with Crippen molar-refractivity contribution in [2.24, 2.45) is 4.99 Å². The minimum atomic E-state index is 0.543. The number of hydrogen-bond acceptors (Lipinski definition) is 2. The summed E-state index contributed by atoms with van der Waals surface area (Å²) in [5.74, 6) is 0.716. The molecule has 2 heterocycles. The zero-order chi connectivity index (χ0) is 18.1. The molecular weight excluding hydrogens is 433 g/mol. The first kappa shape index (κ1) is 17.3. The zero-order valence-electron chi connectivity index (χ0n) is 13.4. The number of aliphatic imine (C=N–C) groups is 1. The van der Waals surface area contributed by atoms with Gasteiger partial charge in [0.2, 0.25) is 0 Å². The van der Waals surface area contributed by atoms with Crippen molar-refractivity contribution in [3.63, 3.8) is 0 Å². The van der Waals surface area contributed by atoms with Crippen molar-refractivity contribution in [1.82, 2.24) is 9.38 Å². The van der Waals surface area contributed by atoms with Crippen LogP contribution in [0.15, 0.2) is 76.3 Å². The Morgan fingerprint density at radius 1 is 1.00 bits per heavy atom. The number of aromatic nitrogens is 2. The molecule has 0 radical (unpaired) electrons. The number of halogens is 3. The van der Waals surface area contributed by atoms with Crippen LogP contribution in [0, 0.1) is 0 Å². The Hall–Kier alpha value is -2.14. The molecule has 2 aromatic carbocycles. The lowest BCUT2D eigenvalue weighted by molar-refractivity contribution is 1.17. The predicted octanol–water partition coefficient (Wildman–Crippen LogP) is 6.82. The van der Waals surface area contributed by atoms with Crippen molar-refractivity contribution < 1.29 is 0 Å². The van der Waals surface area contributed by atoms with E-state index >= 15 is 0 Å². The highest BCUT2D eigenvalue weighted by molar-refractivity contribution is 9.10. The Labute approximate surface area is 169 Å². The molecule has 0 unspecified atom stereocenters. The Balaban J connectivity index is 1.88. The number of pyridine rings is 1. The van der Waals surface area contributed by atoms with E-state index in [1.165, 1.54) is 0 Å². The molecule has 3 nitrogen and oxygen atoms in total. The topological polar surface area (TPSA) is 29.7 Å². The smallest absolute Gasteiger partial charge is 0.165 e. The van der Waals surface area contributed by atoms with E-state index in [-0.39, 0.29) is 0 Å². The van der Waals surface area contributed by atoms with Crippen LogP contribution in [0.5, 0.6) is 0 Å². The summed E-state index contributed by atoms with van der Waals surface area (Å²) in [7, 11) is 0. The van der Waals surface area contributed by atoms with Crippen LogP contribution >= 0.6 is 39.1 Å². The standard InChI is InChI=1S/C20H12BrCl2N3/c21-14-6-4-13(5-7-14)12-24-20-19(16-9-8-15(22)11-17(16)23)25-18-3-1-2-10-26(18)20/h1-12H/b24-12+. The van der Waals surface area contributed by atoms with E-state index in [0.717, 1.165) is 21.2 Å². The Bertz CT molecular complexity index is 1120. The molecule has 2 aromatic heterocycles. The van der Waals surface area contributed by atoms with Gasteiger partial charge in [-0.1, -0.05) is 57.3 Å². The fourth-order valence-electron chi connectivity index (χ4n) is 2.65. The summed E-state index contributed by atoms with van der Waals surface area (Å²) in [6.45, 7) is 0. The van der Waals surface area contributed by atoms with Crippen LogP contribution in [0.1, 0.15) is 5.56 Å². The Morgan fingerprint density at radius 3 is 2.58 bits per heavy atom. The second-order valence-corrected chi connectivity index (χ2v) is 7.41. The van der Waals surface area contributed by atoms with Crippen LogP contribution in [0.2, 0.25) is 10.0 Å². The number of hydrogen-bond donors (Lipinski definition) is 0. The number of benzene rings is 2. The van der Waals surface area contributed by atoms with Gasteiger partial charge in [0.25, 0.3) is 0 Å². The maximum absolute atomic E-state index is 6.41. The molecule has 0 saturated heterocycles. The fourth-order valence-corrected chi connectivity index (χ4v) is 3.42. The predicted molar refractivity (Wildman–Crippen MR) is 112 cm³/mol. The molecule has 0 aliphatic carbocycles. The third kappa shape index (κ3) is 3.40. The Morgan fingerprint density at radius 2 is 1.81 bits per heavy atom. The first-order valence-electron chi connectivity index (χ1n) is 7.84. The largest absolute Gasteiger partial charge is 0.284 e. The summed E-state index contributed by atoms with van der Waals surface area (Å²) >= 11 is 15.9. The fraction of sp³-hybridized carbons (Fsp3) is 0. The van der Waals surface area contributed by atoms with Crippen LogP contribution in [0.3, 0.4) is 0 Å². The second-order valence-electron chi connectivity index (χ2n) is 5.65. The van der Waals surface area contributed by atoms with E-state index < -0.39 is 0 Å². The van der Waals surface area contributed by atoms with Gasteiger partial charge in [-0.25, -0.2) is 9.98 Å². The van der Waals surface area contributed by atoms with E-state index in [2.05, 4.69) is 15.9 Å². The van der Waals surface area contributed by atoms with Gasteiger partial charge >= 0.3 is 0 Å². The van der Waals surface area contributed by atoms with Crippen LogP contribution in [-0.4, -0.2) is 15.6 Å². The molecule has 0 N–H and O–H groups in total. The number of rotatable bonds is 3. The molecule has 0 fully saturated rings. The lowest BCUT2D eigenvalue weighted by Crippen LogP contribution is -1.85. The van der Waals surface area contributed by atoms with Crippen molar-refractivity contribution in [3.8, 4) is 11.3 Å². The van der Waals surface area contributed by atoms with Gasteiger partial charge in [-0.2, -0.15) is 0 Å². The summed E-state index contributed by atoms with van der Waals surface area (Å²) in [6.07, 6.45) is 3.75. The van der Waals surface area contributed by atoms with Crippen molar-refractivity contribution >= 4 is 56.8 Å². The van der Waals surface area contributed by atoms with Crippen LogP contribution in [-0.2, 0) is 0 Å². The first-order valence-corrected chi connectivity index (χ1v) is 9.39. The van der Waals surface area contributed by atoms with Gasteiger partial charge in [-0.3, -0.25) is 4.40 Å². The van der Waals surface area contributed by atoms with Crippen LogP contribution < -0.4 is 0 Å². The molecule has 0 aliphatic heterocycles. The summed E-state index contributed by atoms with van der Waals surface area (Å²) in [4.78, 5) is 9.42. The summed E-state index contributed by atoms with van der Waals surface area (Å²) in [5, 5.41) is 1.13. The third-order valence-electron chi connectivity index (χ3n) is 3.90. The molecule has 6 heteroatoms. The molecule has 0 aliphatic rings. The van der Waals surface area contributed by atoms with Gasteiger partial charge < -0.3 is 0 Å². The summed E-state index contributed by atoms with van der Waals surface area (Å²) in [6, 6.07) is 19.1. The minimum Gasteiger partial charge on any atom is -0.284 e. The van der Waals surface area contributed by atoms with Crippen LogP contribution in [0.4, 0.5) is 5.82 Å². The quantitative estimate of drug-likeness (QED) is 0.318. The lowest BCUT2D eigenvalue weighted by Gasteiger charge is -2.03. The third-order valence-corrected chi connectivity index (χ3v) is 4.97. The minimum absolute atomic E-state index is 0.543. The van der Waals surface area contributed by atoms with E-state index in [4.69, 9.17) is 33.2 Å². The van der Waals surface area contributed by atoms with E-state index in [1.54, 1.807) is 12.1 Å². The molecule has 26 heavy (non-hydrogen) atoms. The van der Waals surface area contributed by atoms with E-state index in [9.17, 15) is 0 Å². The maximum atomic E-state index is 6.41. The molecule has 128 valence electrons. The first-order chi connectivity index (χ1) is 12.6.